The number of hydrogen-bond donors (Lipinski definition) is 4. The highest BCUT2D eigenvalue weighted by Gasteiger charge is 2.26. The minimum Gasteiger partial charge on any atom is -0.392 e. The van der Waals surface area contributed by atoms with Gasteiger partial charge in [0.25, 0.3) is 0 Å². The zero-order valence-electron chi connectivity index (χ0n) is 28.2. The third-order valence-electron chi connectivity index (χ3n) is 9.32. The van der Waals surface area contributed by atoms with Gasteiger partial charge in [0.05, 0.1) is 36.2 Å². The van der Waals surface area contributed by atoms with Gasteiger partial charge in [0, 0.05) is 44.3 Å². The summed E-state index contributed by atoms with van der Waals surface area (Å²) in [6, 6.07) is 49.0. The molecule has 6 aromatic carbocycles. The molecule has 0 aliphatic carbocycles. The normalized spacial score (nSPS) is 11.4. The highest BCUT2D eigenvalue weighted by atomic mass is 32.1. The van der Waals surface area contributed by atoms with Crippen LogP contribution in [0.1, 0.15) is 22.3 Å². The van der Waals surface area contributed by atoms with Crippen LogP contribution in [-0.2, 0) is 26.4 Å². The van der Waals surface area contributed by atoms with Gasteiger partial charge in [-0.05, 0) is 70.8 Å². The number of aliphatic hydroxyl groups is 4. The SMILES string of the molecule is OCc1ccc(N(c2ccc(CO)cc2)c2sc(-c3sc(N(c4ccc(CO)cc4)c4ccc(CO)cc4)c4ccccc34)c3ccccc23)cc1. The zero-order chi connectivity index (χ0) is 35.6. The molecular formula is C44H36N2O4S2. The molecule has 0 aliphatic heterocycles. The molecule has 8 heteroatoms. The van der Waals surface area contributed by atoms with E-state index in [9.17, 15) is 20.4 Å². The van der Waals surface area contributed by atoms with Gasteiger partial charge in [-0.15, -0.1) is 22.7 Å². The second kappa shape index (κ2) is 14.7. The van der Waals surface area contributed by atoms with Gasteiger partial charge < -0.3 is 30.2 Å². The van der Waals surface area contributed by atoms with Crippen molar-refractivity contribution < 1.29 is 20.4 Å². The first kappa shape index (κ1) is 33.8. The van der Waals surface area contributed by atoms with Gasteiger partial charge in [-0.1, -0.05) is 97.1 Å². The number of nitrogens with zero attached hydrogens (tertiary/aromatic N) is 2. The van der Waals surface area contributed by atoms with Gasteiger partial charge in [0.1, 0.15) is 10.0 Å². The third-order valence-corrected chi connectivity index (χ3v) is 11.9. The molecule has 0 saturated heterocycles. The molecule has 6 nitrogen and oxygen atoms in total. The van der Waals surface area contributed by atoms with Crippen molar-refractivity contribution in [3.05, 3.63) is 168 Å². The van der Waals surface area contributed by atoms with E-state index in [-0.39, 0.29) is 26.4 Å². The smallest absolute Gasteiger partial charge is 0.109 e. The van der Waals surface area contributed by atoms with Gasteiger partial charge in [0.2, 0.25) is 0 Å². The Labute approximate surface area is 310 Å². The number of benzene rings is 6. The standard InChI is InChI=1S/C44H36N2O4S2/c47-25-29-9-17-33(18-10-29)45(34-19-11-30(26-48)12-20-34)43-39-7-3-1-5-37(39)41(51-43)42-38-6-2-4-8-40(38)44(52-42)46(35-21-13-31(27-49)14-22-35)36-23-15-32(28-50)16-24-36/h1-24,47-50H,25-28H2. The van der Waals surface area contributed by atoms with Gasteiger partial charge in [-0.25, -0.2) is 0 Å². The molecule has 0 bridgehead atoms. The van der Waals surface area contributed by atoms with E-state index < -0.39 is 0 Å². The van der Waals surface area contributed by atoms with E-state index in [1.54, 1.807) is 22.7 Å². The van der Waals surface area contributed by atoms with E-state index in [1.165, 1.54) is 0 Å². The van der Waals surface area contributed by atoms with E-state index in [2.05, 4.69) is 58.3 Å². The molecule has 2 aromatic heterocycles. The first-order valence-electron chi connectivity index (χ1n) is 17.0. The lowest BCUT2D eigenvalue weighted by atomic mass is 10.1. The molecule has 0 fully saturated rings. The first-order chi connectivity index (χ1) is 25.6. The maximum atomic E-state index is 9.79. The summed E-state index contributed by atoms with van der Waals surface area (Å²) in [5.74, 6) is 0. The van der Waals surface area contributed by atoms with Crippen LogP contribution in [0, 0.1) is 0 Å². The molecule has 8 rings (SSSR count). The first-order valence-corrected chi connectivity index (χ1v) is 18.7. The van der Waals surface area contributed by atoms with Crippen molar-refractivity contribution in [3.63, 3.8) is 0 Å². The van der Waals surface area contributed by atoms with Crippen molar-refractivity contribution in [1.82, 2.24) is 0 Å². The van der Waals surface area contributed by atoms with Crippen molar-refractivity contribution in [2.45, 2.75) is 26.4 Å². The van der Waals surface area contributed by atoms with Crippen LogP contribution in [0.15, 0.2) is 146 Å². The van der Waals surface area contributed by atoms with Crippen LogP contribution >= 0.6 is 22.7 Å². The second-order valence-corrected chi connectivity index (χ2v) is 14.5. The summed E-state index contributed by atoms with van der Waals surface area (Å²) in [5, 5.41) is 45.8. The largest absolute Gasteiger partial charge is 0.392 e. The number of anilines is 6. The van der Waals surface area contributed by atoms with Crippen molar-refractivity contribution >= 4 is 77.0 Å². The van der Waals surface area contributed by atoms with Crippen LogP contribution in [-0.4, -0.2) is 20.4 Å². The van der Waals surface area contributed by atoms with E-state index in [4.69, 9.17) is 0 Å². The monoisotopic (exact) mass is 720 g/mol. The van der Waals surface area contributed by atoms with Crippen LogP contribution < -0.4 is 9.80 Å². The molecule has 0 atom stereocenters. The summed E-state index contributed by atoms with van der Waals surface area (Å²) >= 11 is 3.50. The van der Waals surface area contributed by atoms with E-state index >= 15 is 0 Å². The predicted octanol–water partition coefficient (Wildman–Crippen LogP) is 10.7. The molecule has 0 radical (unpaired) electrons. The zero-order valence-corrected chi connectivity index (χ0v) is 29.8. The van der Waals surface area contributed by atoms with Crippen molar-refractivity contribution in [2.75, 3.05) is 9.80 Å². The summed E-state index contributed by atoms with van der Waals surface area (Å²) in [6.45, 7) is -0.113. The number of fused-ring (bicyclic) bond motifs is 2. The Balaban J connectivity index is 1.35. The Morgan fingerprint density at radius 2 is 0.577 bits per heavy atom. The number of thiophene rings is 2. The van der Waals surface area contributed by atoms with Crippen molar-refractivity contribution in [3.8, 4) is 9.75 Å². The lowest BCUT2D eigenvalue weighted by Crippen LogP contribution is -2.09. The average Bonchev–Trinajstić information content (AvgIpc) is 3.78. The van der Waals surface area contributed by atoms with Crippen LogP contribution in [0.5, 0.6) is 0 Å². The second-order valence-electron chi connectivity index (χ2n) is 12.5. The van der Waals surface area contributed by atoms with E-state index in [0.29, 0.717) is 0 Å². The molecule has 0 spiro atoms. The van der Waals surface area contributed by atoms with E-state index in [0.717, 1.165) is 86.3 Å². The number of hydrogen-bond acceptors (Lipinski definition) is 8. The molecule has 4 N–H and O–H groups in total. The fourth-order valence-corrected chi connectivity index (χ4v) is 9.38. The number of aliphatic hydroxyl groups excluding tert-OH is 4. The van der Waals surface area contributed by atoms with Crippen molar-refractivity contribution in [2.24, 2.45) is 0 Å². The minimum atomic E-state index is -0.0283. The Morgan fingerprint density at radius 3 is 0.827 bits per heavy atom. The summed E-state index contributed by atoms with van der Waals surface area (Å²) < 4.78 is 0. The molecule has 0 saturated carbocycles. The predicted molar refractivity (Wildman–Crippen MR) is 216 cm³/mol. The van der Waals surface area contributed by atoms with Crippen LogP contribution in [0.3, 0.4) is 0 Å². The molecule has 258 valence electrons. The Bertz CT molecular complexity index is 2180. The lowest BCUT2D eigenvalue weighted by Gasteiger charge is -2.25. The molecule has 52 heavy (non-hydrogen) atoms. The number of rotatable bonds is 11. The highest BCUT2D eigenvalue weighted by Crippen LogP contribution is 2.55. The van der Waals surface area contributed by atoms with Gasteiger partial charge in [0.15, 0.2) is 0 Å². The molecular weight excluding hydrogens is 685 g/mol. The highest BCUT2D eigenvalue weighted by molar-refractivity contribution is 7.28. The molecule has 0 amide bonds. The van der Waals surface area contributed by atoms with Gasteiger partial charge in [-0.2, -0.15) is 0 Å². The Hall–Kier alpha value is -5.32. The Morgan fingerprint density at radius 1 is 0.327 bits per heavy atom. The Kier molecular flexibility index (Phi) is 9.58. The summed E-state index contributed by atoms with van der Waals surface area (Å²) in [6.07, 6.45) is 0. The third kappa shape index (κ3) is 6.26. The fourth-order valence-electron chi connectivity index (χ4n) is 6.59. The maximum absolute atomic E-state index is 9.79. The summed E-state index contributed by atoms with van der Waals surface area (Å²) in [4.78, 5) is 6.84. The minimum absolute atomic E-state index is 0.0283. The summed E-state index contributed by atoms with van der Waals surface area (Å²) in [5.41, 5.74) is 7.23. The fraction of sp³-hybridized carbons (Fsp3) is 0.0909. The molecule has 2 heterocycles. The lowest BCUT2D eigenvalue weighted by molar-refractivity contribution is 0.281. The van der Waals surface area contributed by atoms with Gasteiger partial charge in [-0.3, -0.25) is 0 Å². The molecule has 0 unspecified atom stereocenters. The quantitative estimate of drug-likeness (QED) is 0.106. The van der Waals surface area contributed by atoms with Crippen LogP contribution in [0.4, 0.5) is 32.8 Å². The van der Waals surface area contributed by atoms with Gasteiger partial charge >= 0.3 is 0 Å². The maximum Gasteiger partial charge on any atom is 0.109 e. The van der Waals surface area contributed by atoms with Crippen molar-refractivity contribution in [1.29, 1.82) is 0 Å². The summed E-state index contributed by atoms with van der Waals surface area (Å²) in [7, 11) is 0. The topological polar surface area (TPSA) is 87.4 Å². The molecule has 8 aromatic rings. The van der Waals surface area contributed by atoms with E-state index in [1.807, 2.05) is 97.1 Å². The van der Waals surface area contributed by atoms with Crippen LogP contribution in [0.2, 0.25) is 0 Å². The molecule has 0 aliphatic rings. The average molecular weight is 721 g/mol. The van der Waals surface area contributed by atoms with Crippen LogP contribution in [0.25, 0.3) is 31.3 Å².